The Labute approximate surface area is 106 Å². The summed E-state index contributed by atoms with van der Waals surface area (Å²) in [5.74, 6) is -1.19. The van der Waals surface area contributed by atoms with Crippen molar-refractivity contribution in [3.05, 3.63) is 11.8 Å². The fourth-order valence-corrected chi connectivity index (χ4v) is 2.00. The zero-order valence-corrected chi connectivity index (χ0v) is 9.72. The molecule has 2 aliphatic rings. The van der Waals surface area contributed by atoms with Crippen LogP contribution in [0.2, 0.25) is 0 Å². The molecule has 2 rings (SSSR count). The largest absolute Gasteiger partial charge is 0.423 e. The molecule has 0 radical (unpaired) electrons. The van der Waals surface area contributed by atoms with E-state index in [0.717, 1.165) is 4.90 Å². The van der Waals surface area contributed by atoms with Crippen LogP contribution < -0.4 is 5.32 Å². The number of rotatable bonds is 2. The second-order valence-corrected chi connectivity index (χ2v) is 4.33. The molecule has 2 aliphatic heterocycles. The minimum Gasteiger partial charge on any atom is -0.394 e. The van der Waals surface area contributed by atoms with Gasteiger partial charge in [-0.15, -0.1) is 0 Å². The van der Waals surface area contributed by atoms with Gasteiger partial charge in [0.25, 0.3) is 5.91 Å². The van der Waals surface area contributed by atoms with Crippen molar-refractivity contribution < 1.29 is 32.9 Å². The number of ether oxygens (including phenoxy) is 1. The van der Waals surface area contributed by atoms with E-state index in [2.05, 4.69) is 5.32 Å². The van der Waals surface area contributed by atoms with Crippen LogP contribution in [0, 0.1) is 0 Å². The Morgan fingerprint density at radius 2 is 2.21 bits per heavy atom. The van der Waals surface area contributed by atoms with E-state index in [1.54, 1.807) is 0 Å². The number of carbonyl (C=O) groups excluding carboxylic acids is 1. The average Bonchev–Trinajstić information content (AvgIpc) is 2.69. The van der Waals surface area contributed by atoms with Crippen molar-refractivity contribution in [2.45, 2.75) is 31.0 Å². The predicted molar refractivity (Wildman–Crippen MR) is 55.4 cm³/mol. The van der Waals surface area contributed by atoms with Crippen LogP contribution in [0.4, 0.5) is 13.2 Å². The summed E-state index contributed by atoms with van der Waals surface area (Å²) in [5.41, 5.74) is -1.32. The van der Waals surface area contributed by atoms with Crippen LogP contribution >= 0.6 is 0 Å². The quantitative estimate of drug-likeness (QED) is 0.623. The number of hydrogen-bond acceptors (Lipinski definition) is 5. The van der Waals surface area contributed by atoms with E-state index in [9.17, 15) is 23.1 Å². The monoisotopic (exact) mass is 282 g/mol. The Balaban J connectivity index is 2.14. The standard InChI is InChI=1S/C10H13F3N2O4/c11-10(12,13)5-2-15(4-14-9(5)18)8-1-6(17)7(3-16)19-8/h2,6-8,16-17H,1,3-4H2,(H,14,18)/t6?,7-,8-/m1/s1. The van der Waals surface area contributed by atoms with Crippen LogP contribution in [0.5, 0.6) is 0 Å². The lowest BCUT2D eigenvalue weighted by molar-refractivity contribution is -0.136. The van der Waals surface area contributed by atoms with Gasteiger partial charge in [-0.05, 0) is 0 Å². The van der Waals surface area contributed by atoms with Crippen molar-refractivity contribution >= 4 is 5.91 Å². The van der Waals surface area contributed by atoms with Gasteiger partial charge in [0.1, 0.15) is 17.9 Å². The van der Waals surface area contributed by atoms with Gasteiger partial charge in [0.15, 0.2) is 0 Å². The Morgan fingerprint density at radius 3 is 2.74 bits per heavy atom. The fourth-order valence-electron chi connectivity index (χ4n) is 2.00. The van der Waals surface area contributed by atoms with Gasteiger partial charge in [-0.2, -0.15) is 13.2 Å². The Kier molecular flexibility index (Phi) is 3.70. The highest BCUT2D eigenvalue weighted by Gasteiger charge is 2.43. The van der Waals surface area contributed by atoms with E-state index in [1.165, 1.54) is 0 Å². The molecule has 108 valence electrons. The molecular formula is C10H13F3N2O4. The normalized spacial score (nSPS) is 32.3. The predicted octanol–water partition coefficient (Wildman–Crippen LogP) is -0.710. The highest BCUT2D eigenvalue weighted by atomic mass is 19.4. The SMILES string of the molecule is O=C1NCN([C@H]2CC(O)[C@@H](CO)O2)C=C1C(F)(F)F. The lowest BCUT2D eigenvalue weighted by atomic mass is 10.1. The smallest absolute Gasteiger partial charge is 0.394 e. The van der Waals surface area contributed by atoms with Gasteiger partial charge in [0, 0.05) is 12.6 Å². The first-order valence-corrected chi connectivity index (χ1v) is 5.60. The molecule has 1 fully saturated rings. The molecule has 1 unspecified atom stereocenters. The molecule has 3 atom stereocenters. The third-order valence-corrected chi connectivity index (χ3v) is 3.02. The number of amides is 1. The molecule has 0 bridgehead atoms. The molecule has 0 saturated carbocycles. The lowest BCUT2D eigenvalue weighted by Gasteiger charge is -2.32. The third kappa shape index (κ3) is 2.82. The van der Waals surface area contributed by atoms with E-state index in [4.69, 9.17) is 9.84 Å². The number of halogens is 3. The Morgan fingerprint density at radius 1 is 1.53 bits per heavy atom. The molecule has 0 aliphatic carbocycles. The summed E-state index contributed by atoms with van der Waals surface area (Å²) in [4.78, 5) is 12.3. The maximum atomic E-state index is 12.6. The second-order valence-electron chi connectivity index (χ2n) is 4.33. The number of nitrogens with zero attached hydrogens (tertiary/aromatic N) is 1. The van der Waals surface area contributed by atoms with Crippen molar-refractivity contribution in [3.63, 3.8) is 0 Å². The fraction of sp³-hybridized carbons (Fsp3) is 0.700. The Hall–Kier alpha value is -1.32. The topological polar surface area (TPSA) is 82.0 Å². The zero-order chi connectivity index (χ0) is 14.2. The van der Waals surface area contributed by atoms with Crippen molar-refractivity contribution in [3.8, 4) is 0 Å². The van der Waals surface area contributed by atoms with Crippen LogP contribution in [-0.4, -0.2) is 58.9 Å². The summed E-state index contributed by atoms with van der Waals surface area (Å²) in [6.45, 7) is -0.568. The number of nitrogens with one attached hydrogen (secondary N) is 1. The van der Waals surface area contributed by atoms with Gasteiger partial charge in [-0.3, -0.25) is 4.79 Å². The van der Waals surface area contributed by atoms with Gasteiger partial charge in [-0.1, -0.05) is 0 Å². The van der Waals surface area contributed by atoms with Crippen molar-refractivity contribution in [1.82, 2.24) is 10.2 Å². The van der Waals surface area contributed by atoms with Crippen LogP contribution in [-0.2, 0) is 9.53 Å². The van der Waals surface area contributed by atoms with Gasteiger partial charge in [-0.25, -0.2) is 0 Å². The zero-order valence-electron chi connectivity index (χ0n) is 9.72. The molecule has 2 heterocycles. The van der Waals surface area contributed by atoms with Crippen molar-refractivity contribution in [2.75, 3.05) is 13.3 Å². The molecule has 1 saturated heterocycles. The minimum absolute atomic E-state index is 0.0583. The van der Waals surface area contributed by atoms with Crippen LogP contribution in [0.3, 0.4) is 0 Å². The lowest BCUT2D eigenvalue weighted by Crippen LogP contribution is -2.48. The molecule has 3 N–H and O–H groups in total. The molecule has 0 aromatic carbocycles. The van der Waals surface area contributed by atoms with Gasteiger partial charge < -0.3 is 25.2 Å². The molecule has 0 spiro atoms. The van der Waals surface area contributed by atoms with Crippen LogP contribution in [0.15, 0.2) is 11.8 Å². The molecule has 9 heteroatoms. The van der Waals surface area contributed by atoms with E-state index in [1.807, 2.05) is 0 Å². The second kappa shape index (κ2) is 4.99. The summed E-state index contributed by atoms with van der Waals surface area (Å²) in [7, 11) is 0. The van der Waals surface area contributed by atoms with Gasteiger partial charge in [0.2, 0.25) is 0 Å². The molecule has 1 amide bonds. The van der Waals surface area contributed by atoms with Crippen molar-refractivity contribution in [2.24, 2.45) is 0 Å². The van der Waals surface area contributed by atoms with Crippen LogP contribution in [0.1, 0.15) is 6.42 Å². The van der Waals surface area contributed by atoms with E-state index in [0.29, 0.717) is 6.20 Å². The first-order valence-electron chi connectivity index (χ1n) is 5.60. The first kappa shape index (κ1) is 14.1. The first-order chi connectivity index (χ1) is 8.82. The van der Waals surface area contributed by atoms with E-state index >= 15 is 0 Å². The number of aliphatic hydroxyl groups is 2. The summed E-state index contributed by atoms with van der Waals surface area (Å²) in [6.07, 6.45) is -6.61. The molecule has 6 nitrogen and oxygen atoms in total. The molecule has 0 aromatic rings. The third-order valence-electron chi connectivity index (χ3n) is 3.02. The molecule has 19 heavy (non-hydrogen) atoms. The number of alkyl halides is 3. The average molecular weight is 282 g/mol. The Bertz CT molecular complexity index is 399. The minimum atomic E-state index is -4.75. The van der Waals surface area contributed by atoms with Crippen molar-refractivity contribution in [1.29, 1.82) is 0 Å². The van der Waals surface area contributed by atoms with Gasteiger partial charge >= 0.3 is 6.18 Å². The van der Waals surface area contributed by atoms with E-state index < -0.39 is 42.7 Å². The highest BCUT2D eigenvalue weighted by molar-refractivity contribution is 5.95. The number of hydrogen-bond donors (Lipinski definition) is 3. The summed E-state index contributed by atoms with van der Waals surface area (Å²) >= 11 is 0. The molecular weight excluding hydrogens is 269 g/mol. The number of carbonyl (C=O) groups is 1. The van der Waals surface area contributed by atoms with Crippen LogP contribution in [0.25, 0.3) is 0 Å². The summed E-state index contributed by atoms with van der Waals surface area (Å²) in [5, 5.41) is 20.5. The maximum Gasteiger partial charge on any atom is 0.423 e. The maximum absolute atomic E-state index is 12.6. The van der Waals surface area contributed by atoms with Gasteiger partial charge in [0.05, 0.1) is 19.4 Å². The summed E-state index contributed by atoms with van der Waals surface area (Å²) in [6, 6.07) is 0. The highest BCUT2D eigenvalue weighted by Crippen LogP contribution is 2.30. The number of aliphatic hydroxyl groups excluding tert-OH is 2. The van der Waals surface area contributed by atoms with E-state index in [-0.39, 0.29) is 13.1 Å². The summed E-state index contributed by atoms with van der Waals surface area (Å²) < 4.78 is 43.0. The molecule has 0 aromatic heterocycles.